The van der Waals surface area contributed by atoms with Gasteiger partial charge in [-0.05, 0) is 18.2 Å². The van der Waals surface area contributed by atoms with Gasteiger partial charge in [-0.1, -0.05) is 6.07 Å². The Bertz CT molecular complexity index is 900. The minimum absolute atomic E-state index is 0.105. The molecule has 4 rings (SSSR count). The number of hydrogen-bond acceptors (Lipinski definition) is 6. The zero-order valence-electron chi connectivity index (χ0n) is 12.3. The molecule has 0 unspecified atom stereocenters. The van der Waals surface area contributed by atoms with Crippen molar-refractivity contribution in [3.05, 3.63) is 53.6 Å². The van der Waals surface area contributed by atoms with Crippen molar-refractivity contribution < 1.29 is 13.9 Å². The Morgan fingerprint density at radius 2 is 2.04 bits per heavy atom. The van der Waals surface area contributed by atoms with Crippen LogP contribution in [0.15, 0.2) is 42.9 Å². The van der Waals surface area contributed by atoms with Crippen molar-refractivity contribution >= 4 is 22.9 Å². The van der Waals surface area contributed by atoms with Crippen LogP contribution in [0.1, 0.15) is 9.67 Å². The largest absolute Gasteiger partial charge is 0.486 e. The number of aromatic nitrogens is 3. The van der Waals surface area contributed by atoms with Gasteiger partial charge >= 0.3 is 0 Å². The number of nitrogens with zero attached hydrogens (tertiary/aromatic N) is 4. The third kappa shape index (κ3) is 2.50. The standard InChI is InChI=1S/C16H11FN4O2S/c17-10-3-1-4-11-13(10)23-8-7-21(11)16(22)12-9-20-15(24-12)14-18-5-2-6-19-14/h1-6,9H,7-8H2. The number of hydrogen-bond donors (Lipinski definition) is 0. The lowest BCUT2D eigenvalue weighted by Gasteiger charge is -2.29. The molecule has 1 aliphatic heterocycles. The van der Waals surface area contributed by atoms with Crippen molar-refractivity contribution in [2.75, 3.05) is 18.1 Å². The number of thiazole rings is 1. The van der Waals surface area contributed by atoms with Crippen LogP contribution in [0.5, 0.6) is 5.75 Å². The molecule has 0 saturated heterocycles. The molecule has 6 nitrogen and oxygen atoms in total. The summed E-state index contributed by atoms with van der Waals surface area (Å²) >= 11 is 1.20. The molecule has 0 fully saturated rings. The van der Waals surface area contributed by atoms with E-state index >= 15 is 0 Å². The lowest BCUT2D eigenvalue weighted by molar-refractivity contribution is 0.0979. The molecule has 3 aromatic rings. The number of amides is 1. The number of rotatable bonds is 2. The van der Waals surface area contributed by atoms with Gasteiger partial charge in [-0.15, -0.1) is 11.3 Å². The highest BCUT2D eigenvalue weighted by molar-refractivity contribution is 7.16. The minimum atomic E-state index is -0.479. The Morgan fingerprint density at radius 1 is 1.21 bits per heavy atom. The highest BCUT2D eigenvalue weighted by Crippen LogP contribution is 2.35. The number of ether oxygens (including phenoxy) is 1. The van der Waals surface area contributed by atoms with E-state index in [1.165, 1.54) is 28.5 Å². The number of carbonyl (C=O) groups excluding carboxylic acids is 1. The maximum atomic E-state index is 13.8. The lowest BCUT2D eigenvalue weighted by atomic mass is 10.2. The average Bonchev–Trinajstić information content (AvgIpc) is 3.12. The summed E-state index contributed by atoms with van der Waals surface area (Å²) in [5, 5.41) is 0.562. The Balaban J connectivity index is 1.67. The topological polar surface area (TPSA) is 68.2 Å². The van der Waals surface area contributed by atoms with Gasteiger partial charge in [0.25, 0.3) is 5.91 Å². The van der Waals surface area contributed by atoms with Gasteiger partial charge in [0.2, 0.25) is 0 Å². The molecule has 0 N–H and O–H groups in total. The normalized spacial score (nSPS) is 13.3. The van der Waals surface area contributed by atoms with E-state index in [0.717, 1.165) is 0 Å². The van der Waals surface area contributed by atoms with Crippen molar-refractivity contribution in [3.8, 4) is 16.6 Å². The smallest absolute Gasteiger partial charge is 0.270 e. The second-order valence-corrected chi connectivity index (χ2v) is 6.03. The molecule has 0 radical (unpaired) electrons. The molecule has 24 heavy (non-hydrogen) atoms. The first-order valence-electron chi connectivity index (χ1n) is 7.20. The second kappa shape index (κ2) is 5.97. The Kier molecular flexibility index (Phi) is 3.66. The van der Waals surface area contributed by atoms with E-state index in [0.29, 0.717) is 27.9 Å². The Hall–Kier alpha value is -2.87. The van der Waals surface area contributed by atoms with Crippen molar-refractivity contribution in [3.63, 3.8) is 0 Å². The van der Waals surface area contributed by atoms with E-state index in [2.05, 4.69) is 15.0 Å². The summed E-state index contributed by atoms with van der Waals surface area (Å²) in [5.41, 5.74) is 0.428. The summed E-state index contributed by atoms with van der Waals surface area (Å²) < 4.78 is 19.2. The molecule has 2 aromatic heterocycles. The van der Waals surface area contributed by atoms with Gasteiger partial charge in [-0.3, -0.25) is 4.79 Å². The van der Waals surface area contributed by atoms with Gasteiger partial charge in [0.1, 0.15) is 11.5 Å². The summed E-state index contributed by atoms with van der Waals surface area (Å²) in [6.07, 6.45) is 4.73. The molecule has 1 amide bonds. The van der Waals surface area contributed by atoms with Crippen molar-refractivity contribution in [1.82, 2.24) is 15.0 Å². The second-order valence-electron chi connectivity index (χ2n) is 5.00. The number of fused-ring (bicyclic) bond motifs is 1. The van der Waals surface area contributed by atoms with E-state index in [4.69, 9.17) is 4.74 Å². The Labute approximate surface area is 140 Å². The fourth-order valence-corrected chi connectivity index (χ4v) is 3.26. The van der Waals surface area contributed by atoms with Gasteiger partial charge in [-0.2, -0.15) is 0 Å². The van der Waals surface area contributed by atoms with Crippen molar-refractivity contribution in [2.45, 2.75) is 0 Å². The predicted molar refractivity (Wildman–Crippen MR) is 86.7 cm³/mol. The van der Waals surface area contributed by atoms with Crippen molar-refractivity contribution in [2.24, 2.45) is 0 Å². The average molecular weight is 342 g/mol. The molecule has 120 valence electrons. The molecule has 1 aliphatic rings. The molecular weight excluding hydrogens is 331 g/mol. The summed E-state index contributed by atoms with van der Waals surface area (Å²) in [4.78, 5) is 27.2. The molecule has 8 heteroatoms. The monoisotopic (exact) mass is 342 g/mol. The van der Waals surface area contributed by atoms with Gasteiger partial charge in [0, 0.05) is 12.4 Å². The van der Waals surface area contributed by atoms with Crippen LogP contribution in [0.25, 0.3) is 10.8 Å². The van der Waals surface area contributed by atoms with Crippen LogP contribution in [0.2, 0.25) is 0 Å². The summed E-state index contributed by atoms with van der Waals surface area (Å²) in [6, 6.07) is 6.24. The molecule has 1 aromatic carbocycles. The predicted octanol–water partition coefficient (Wildman–Crippen LogP) is 2.78. The summed E-state index contributed by atoms with van der Waals surface area (Å²) in [6.45, 7) is 0.595. The number of benzene rings is 1. The highest BCUT2D eigenvalue weighted by atomic mass is 32.1. The third-order valence-electron chi connectivity index (χ3n) is 3.52. The number of anilines is 1. The first kappa shape index (κ1) is 14.7. The molecule has 0 aliphatic carbocycles. The zero-order valence-corrected chi connectivity index (χ0v) is 13.2. The van der Waals surface area contributed by atoms with E-state index in [1.807, 2.05) is 0 Å². The van der Waals surface area contributed by atoms with Crippen molar-refractivity contribution in [1.29, 1.82) is 0 Å². The van der Waals surface area contributed by atoms with Gasteiger partial charge in [-0.25, -0.2) is 19.3 Å². The maximum absolute atomic E-state index is 13.8. The summed E-state index contributed by atoms with van der Waals surface area (Å²) in [7, 11) is 0. The molecule has 3 heterocycles. The number of carbonyl (C=O) groups is 1. The van der Waals surface area contributed by atoms with E-state index in [9.17, 15) is 9.18 Å². The number of halogens is 1. The van der Waals surface area contributed by atoms with Crippen LogP contribution in [0.3, 0.4) is 0 Å². The van der Waals surface area contributed by atoms with Crippen LogP contribution in [0.4, 0.5) is 10.1 Å². The number of para-hydroxylation sites is 1. The van der Waals surface area contributed by atoms with Crippen LogP contribution >= 0.6 is 11.3 Å². The SMILES string of the molecule is O=C(c1cnc(-c2ncccn2)s1)N1CCOc2c(F)cccc21. The van der Waals surface area contributed by atoms with E-state index in [-0.39, 0.29) is 18.3 Å². The molecule has 0 atom stereocenters. The Morgan fingerprint density at radius 3 is 2.88 bits per heavy atom. The molecule has 0 spiro atoms. The first-order chi connectivity index (χ1) is 11.7. The maximum Gasteiger partial charge on any atom is 0.270 e. The van der Waals surface area contributed by atoms with Crippen LogP contribution in [-0.4, -0.2) is 34.0 Å². The molecule has 0 saturated carbocycles. The van der Waals surface area contributed by atoms with Crippen LogP contribution < -0.4 is 9.64 Å². The lowest BCUT2D eigenvalue weighted by Crippen LogP contribution is -2.37. The van der Waals surface area contributed by atoms with Crippen LogP contribution in [-0.2, 0) is 0 Å². The van der Waals surface area contributed by atoms with E-state index < -0.39 is 5.82 Å². The van der Waals surface area contributed by atoms with Gasteiger partial charge < -0.3 is 9.64 Å². The first-order valence-corrected chi connectivity index (χ1v) is 8.02. The molecular formula is C16H11FN4O2S. The summed E-state index contributed by atoms with van der Waals surface area (Å²) in [5.74, 6) is -0.152. The fourth-order valence-electron chi connectivity index (χ4n) is 2.44. The van der Waals surface area contributed by atoms with Gasteiger partial charge in [0.15, 0.2) is 22.4 Å². The fraction of sp³-hybridized carbons (Fsp3) is 0.125. The quantitative estimate of drug-likeness (QED) is 0.716. The molecule has 0 bridgehead atoms. The third-order valence-corrected chi connectivity index (χ3v) is 4.50. The van der Waals surface area contributed by atoms with Crippen LogP contribution in [0, 0.1) is 5.82 Å². The minimum Gasteiger partial charge on any atom is -0.486 e. The van der Waals surface area contributed by atoms with Gasteiger partial charge in [0.05, 0.1) is 18.4 Å². The zero-order chi connectivity index (χ0) is 16.5. The van der Waals surface area contributed by atoms with E-state index in [1.54, 1.807) is 30.6 Å². The highest BCUT2D eigenvalue weighted by Gasteiger charge is 2.28.